The predicted molar refractivity (Wildman–Crippen MR) is 103 cm³/mol. The number of hydrogen-bond donors (Lipinski definition) is 2. The van der Waals surface area contributed by atoms with Crippen molar-refractivity contribution in [2.45, 2.75) is 26.7 Å². The first-order chi connectivity index (χ1) is 12.1. The van der Waals surface area contributed by atoms with E-state index in [0.29, 0.717) is 18.4 Å². The highest BCUT2D eigenvalue weighted by molar-refractivity contribution is 5.92. The van der Waals surface area contributed by atoms with E-state index in [2.05, 4.69) is 57.2 Å². The monoisotopic (exact) mass is 338 g/mol. The number of nitrogens with zero attached hydrogens (tertiary/aromatic N) is 4. The number of benzene rings is 1. The van der Waals surface area contributed by atoms with Crippen LogP contribution in [-0.2, 0) is 0 Å². The predicted octanol–water partition coefficient (Wildman–Crippen LogP) is 2.74. The first kappa shape index (κ1) is 17.2. The third-order valence-electron chi connectivity index (χ3n) is 4.37. The lowest BCUT2D eigenvalue weighted by Crippen LogP contribution is -2.38. The quantitative estimate of drug-likeness (QED) is 0.662. The van der Waals surface area contributed by atoms with Crippen LogP contribution in [0.2, 0.25) is 0 Å². The number of guanidine groups is 1. The van der Waals surface area contributed by atoms with Gasteiger partial charge in [-0.25, -0.2) is 9.97 Å². The minimum atomic E-state index is 0.470. The number of nitrogens with two attached hydrogens (primary N) is 1. The zero-order chi connectivity index (χ0) is 17.6. The number of piperidine rings is 1. The van der Waals surface area contributed by atoms with Gasteiger partial charge in [-0.05, 0) is 61.9 Å². The molecule has 0 aliphatic carbocycles. The molecule has 1 aromatic heterocycles. The number of hydrogen-bond acceptors (Lipinski definition) is 4. The van der Waals surface area contributed by atoms with Gasteiger partial charge >= 0.3 is 0 Å². The molecule has 1 atom stereocenters. The Labute approximate surface area is 149 Å². The molecule has 6 heteroatoms. The van der Waals surface area contributed by atoms with Crippen molar-refractivity contribution in [2.24, 2.45) is 16.6 Å². The lowest BCUT2D eigenvalue weighted by molar-refractivity contribution is 0.420. The van der Waals surface area contributed by atoms with Gasteiger partial charge in [0.05, 0.1) is 0 Å². The zero-order valence-electron chi connectivity index (χ0n) is 14.9. The average molecular weight is 338 g/mol. The van der Waals surface area contributed by atoms with E-state index in [0.717, 1.165) is 37.6 Å². The third-order valence-corrected chi connectivity index (χ3v) is 4.37. The van der Waals surface area contributed by atoms with Crippen LogP contribution in [0.5, 0.6) is 0 Å². The molecular weight excluding hydrogens is 312 g/mol. The summed E-state index contributed by atoms with van der Waals surface area (Å²) in [6.07, 6.45) is 5.86. The highest BCUT2D eigenvalue weighted by Crippen LogP contribution is 2.20. The Bertz CT molecular complexity index is 708. The summed E-state index contributed by atoms with van der Waals surface area (Å²) >= 11 is 0. The molecule has 1 fully saturated rings. The summed E-state index contributed by atoms with van der Waals surface area (Å²) in [4.78, 5) is 15.5. The van der Waals surface area contributed by atoms with Gasteiger partial charge in [0.25, 0.3) is 0 Å². The van der Waals surface area contributed by atoms with E-state index in [4.69, 9.17) is 5.73 Å². The maximum Gasteiger partial charge on any atom is 0.225 e. The van der Waals surface area contributed by atoms with E-state index in [-0.39, 0.29) is 0 Å². The second-order valence-electron chi connectivity index (χ2n) is 6.73. The SMILES string of the molecule is Cc1cc(C)cc(NC(N)=NCC2CCCN(c3ncccn3)C2)c1. The second-order valence-corrected chi connectivity index (χ2v) is 6.73. The van der Waals surface area contributed by atoms with Crippen molar-refractivity contribution in [3.05, 3.63) is 47.8 Å². The third kappa shape index (κ3) is 4.92. The Hall–Kier alpha value is -2.63. The van der Waals surface area contributed by atoms with Crippen LogP contribution in [0.1, 0.15) is 24.0 Å². The lowest BCUT2D eigenvalue weighted by Gasteiger charge is -2.31. The molecule has 1 aliphatic rings. The fourth-order valence-corrected chi connectivity index (χ4v) is 3.31. The Balaban J connectivity index is 1.57. The van der Waals surface area contributed by atoms with Crippen LogP contribution in [0.4, 0.5) is 11.6 Å². The molecule has 25 heavy (non-hydrogen) atoms. The van der Waals surface area contributed by atoms with Crippen LogP contribution in [0.25, 0.3) is 0 Å². The van der Waals surface area contributed by atoms with Crippen molar-refractivity contribution >= 4 is 17.6 Å². The summed E-state index contributed by atoms with van der Waals surface area (Å²) in [7, 11) is 0. The smallest absolute Gasteiger partial charge is 0.225 e. The highest BCUT2D eigenvalue weighted by Gasteiger charge is 2.21. The average Bonchev–Trinajstić information content (AvgIpc) is 2.60. The summed E-state index contributed by atoms with van der Waals surface area (Å²) in [5, 5.41) is 3.20. The van der Waals surface area contributed by atoms with E-state index in [1.165, 1.54) is 11.1 Å². The Morgan fingerprint density at radius 1 is 1.24 bits per heavy atom. The van der Waals surface area contributed by atoms with E-state index in [9.17, 15) is 0 Å². The maximum atomic E-state index is 6.07. The first-order valence-corrected chi connectivity index (χ1v) is 8.77. The number of nitrogens with one attached hydrogen (secondary N) is 1. The van der Waals surface area contributed by atoms with E-state index in [1.807, 2.05) is 6.07 Å². The molecule has 1 saturated heterocycles. The molecule has 1 unspecified atom stereocenters. The summed E-state index contributed by atoms with van der Waals surface area (Å²) in [5.41, 5.74) is 9.48. The van der Waals surface area contributed by atoms with E-state index in [1.54, 1.807) is 12.4 Å². The van der Waals surface area contributed by atoms with Gasteiger partial charge in [0.1, 0.15) is 0 Å². The molecule has 0 spiro atoms. The van der Waals surface area contributed by atoms with E-state index < -0.39 is 0 Å². The van der Waals surface area contributed by atoms with Crippen molar-refractivity contribution in [2.75, 3.05) is 29.9 Å². The van der Waals surface area contributed by atoms with Gasteiger partial charge in [-0.2, -0.15) is 0 Å². The van der Waals surface area contributed by atoms with Gasteiger partial charge in [0.15, 0.2) is 5.96 Å². The number of aromatic nitrogens is 2. The summed E-state index contributed by atoms with van der Waals surface area (Å²) in [5.74, 6) is 1.74. The van der Waals surface area contributed by atoms with Crippen LogP contribution in [0.3, 0.4) is 0 Å². The van der Waals surface area contributed by atoms with Gasteiger partial charge < -0.3 is 16.0 Å². The van der Waals surface area contributed by atoms with Crippen molar-refractivity contribution in [3.63, 3.8) is 0 Å². The summed E-state index contributed by atoms with van der Waals surface area (Å²) < 4.78 is 0. The molecule has 3 rings (SSSR count). The standard InChI is InChI=1S/C19H26N6/c1-14-9-15(2)11-17(10-14)24-18(20)23-12-16-5-3-8-25(13-16)19-21-6-4-7-22-19/h4,6-7,9-11,16H,3,5,8,12-13H2,1-2H3,(H3,20,23,24). The van der Waals surface area contributed by atoms with Crippen LogP contribution >= 0.6 is 0 Å². The molecule has 3 N–H and O–H groups in total. The first-order valence-electron chi connectivity index (χ1n) is 8.77. The van der Waals surface area contributed by atoms with Crippen LogP contribution in [0, 0.1) is 19.8 Å². The topological polar surface area (TPSA) is 79.4 Å². The molecule has 1 aliphatic heterocycles. The molecule has 0 amide bonds. The molecule has 0 saturated carbocycles. The number of aryl methyl sites for hydroxylation is 2. The Morgan fingerprint density at radius 2 is 1.96 bits per heavy atom. The second kappa shape index (κ2) is 7.96. The molecule has 1 aromatic carbocycles. The summed E-state index contributed by atoms with van der Waals surface area (Å²) in [6.45, 7) is 6.79. The molecule has 6 nitrogen and oxygen atoms in total. The fourth-order valence-electron chi connectivity index (χ4n) is 3.31. The fraction of sp³-hybridized carbons (Fsp3) is 0.421. The summed E-state index contributed by atoms with van der Waals surface area (Å²) in [6, 6.07) is 8.13. The van der Waals surface area contributed by atoms with E-state index >= 15 is 0 Å². The largest absolute Gasteiger partial charge is 0.370 e. The van der Waals surface area contributed by atoms with Gasteiger partial charge in [0.2, 0.25) is 5.95 Å². The molecule has 2 heterocycles. The number of rotatable bonds is 4. The van der Waals surface area contributed by atoms with Crippen molar-refractivity contribution in [1.29, 1.82) is 0 Å². The van der Waals surface area contributed by atoms with Crippen molar-refractivity contribution < 1.29 is 0 Å². The van der Waals surface area contributed by atoms with Gasteiger partial charge in [0, 0.05) is 37.7 Å². The van der Waals surface area contributed by atoms with Gasteiger partial charge in [-0.1, -0.05) is 6.07 Å². The molecule has 132 valence electrons. The van der Waals surface area contributed by atoms with Gasteiger partial charge in [-0.3, -0.25) is 4.99 Å². The minimum Gasteiger partial charge on any atom is -0.370 e. The lowest BCUT2D eigenvalue weighted by atomic mass is 9.98. The number of anilines is 2. The normalized spacial score (nSPS) is 18.2. The van der Waals surface area contributed by atoms with Crippen LogP contribution in [0.15, 0.2) is 41.7 Å². The molecule has 2 aromatic rings. The highest BCUT2D eigenvalue weighted by atomic mass is 15.3. The minimum absolute atomic E-state index is 0.470. The Morgan fingerprint density at radius 3 is 2.68 bits per heavy atom. The van der Waals surface area contributed by atoms with Crippen molar-refractivity contribution in [1.82, 2.24) is 9.97 Å². The van der Waals surface area contributed by atoms with Crippen LogP contribution < -0.4 is 16.0 Å². The molecule has 0 radical (unpaired) electrons. The van der Waals surface area contributed by atoms with Gasteiger partial charge in [-0.15, -0.1) is 0 Å². The molecule has 0 bridgehead atoms. The van der Waals surface area contributed by atoms with Crippen LogP contribution in [-0.4, -0.2) is 35.6 Å². The molecular formula is C19H26N6. The zero-order valence-corrected chi connectivity index (χ0v) is 14.9. The number of aliphatic imine (C=N–C) groups is 1. The Kier molecular flexibility index (Phi) is 5.48. The van der Waals surface area contributed by atoms with Crippen molar-refractivity contribution in [3.8, 4) is 0 Å². The maximum absolute atomic E-state index is 6.07.